The number of carbonyl (C=O) groups excluding carboxylic acids is 3. The normalized spacial score (nSPS) is 16.7. The van der Waals surface area contributed by atoms with E-state index in [1.807, 2.05) is 58.0 Å². The zero-order chi connectivity index (χ0) is 35.7. The molecule has 0 spiro atoms. The average Bonchev–Trinajstić information content (AvgIpc) is 3.63. The first-order valence-electron chi connectivity index (χ1n) is 15.9. The van der Waals surface area contributed by atoms with Gasteiger partial charge in [-0.05, 0) is 54.3 Å². The first kappa shape index (κ1) is 36.7. The van der Waals surface area contributed by atoms with E-state index in [1.54, 1.807) is 16.0 Å². The summed E-state index contributed by atoms with van der Waals surface area (Å²) in [7, 11) is -5.78. The van der Waals surface area contributed by atoms with Crippen LogP contribution in [-0.2, 0) is 19.8 Å². The summed E-state index contributed by atoms with van der Waals surface area (Å²) >= 11 is 2.40. The van der Waals surface area contributed by atoms with Gasteiger partial charge in [0.05, 0.1) is 9.75 Å². The second-order valence-corrected chi connectivity index (χ2v) is 16.8. The number of hydrogen-bond donors (Lipinski definition) is 3. The van der Waals surface area contributed by atoms with E-state index in [0.29, 0.717) is 35.8 Å². The fourth-order valence-electron chi connectivity index (χ4n) is 5.85. The topological polar surface area (TPSA) is 140 Å². The van der Waals surface area contributed by atoms with Crippen LogP contribution in [0.1, 0.15) is 68.6 Å². The second kappa shape index (κ2) is 14.4. The minimum absolute atomic E-state index is 0.132. The summed E-state index contributed by atoms with van der Waals surface area (Å²) in [5, 5.41) is 3.59. The van der Waals surface area contributed by atoms with Gasteiger partial charge in [0, 0.05) is 29.5 Å². The monoisotopic (exact) mass is 732 g/mol. The number of hydrogen-bond acceptors (Lipinski definition) is 7. The third kappa shape index (κ3) is 7.78. The molecule has 3 heterocycles. The van der Waals surface area contributed by atoms with Crippen molar-refractivity contribution in [1.82, 2.24) is 15.2 Å². The van der Waals surface area contributed by atoms with Crippen LogP contribution in [0.3, 0.4) is 0 Å². The molecule has 15 heteroatoms. The number of amides is 3. The summed E-state index contributed by atoms with van der Waals surface area (Å²) in [5.41, 5.74) is -5.05. The number of thiophene rings is 1. The number of carbonyl (C=O) groups is 3. The molecular weight excluding hydrogens is 693 g/mol. The number of rotatable bonds is 9. The fourth-order valence-corrected chi connectivity index (χ4v) is 8.26. The Hall–Kier alpha value is -3.55. The molecule has 3 N–H and O–H groups in total. The highest BCUT2D eigenvalue weighted by molar-refractivity contribution is 7.52. The summed E-state index contributed by atoms with van der Waals surface area (Å²) < 4.78 is 40.6. The Bertz CT molecular complexity index is 1890. The number of thiazole rings is 1. The smallest absolute Gasteiger partial charge is 0.339 e. The molecule has 0 bridgehead atoms. The van der Waals surface area contributed by atoms with Gasteiger partial charge >= 0.3 is 13.3 Å². The van der Waals surface area contributed by atoms with Gasteiger partial charge in [-0.15, -0.1) is 11.3 Å². The van der Waals surface area contributed by atoms with Gasteiger partial charge in [-0.1, -0.05) is 81.3 Å². The molecule has 262 valence electrons. The molecule has 2 aromatic heterocycles. The van der Waals surface area contributed by atoms with E-state index < -0.39 is 48.1 Å². The lowest BCUT2D eigenvalue weighted by Gasteiger charge is -2.38. The summed E-state index contributed by atoms with van der Waals surface area (Å²) in [6.45, 7) is 7.98. The first-order valence-corrected chi connectivity index (χ1v) is 19.2. The Labute approximate surface area is 291 Å². The molecule has 2 aromatic carbocycles. The van der Waals surface area contributed by atoms with Crippen LogP contribution in [0.5, 0.6) is 0 Å². The summed E-state index contributed by atoms with van der Waals surface area (Å²) in [6.07, 6.45) is 4.49. The number of anilines is 1. The van der Waals surface area contributed by atoms with Gasteiger partial charge in [0.25, 0.3) is 11.8 Å². The minimum Gasteiger partial charge on any atom is -0.339 e. The standard InChI is InChI=1S/C34H39F2N4O6PS2/c1-5-39(32-37-20-27(49-32)21-12-8-6-9-13-21)30(42)24-14-10-7-11-17-40(24)31(43)28(33(2,3)4)38-29(41)26-19-22-18-23(15-16-25(22)48-26)34(35,36)47(44,45)46/h6,8-9,12-13,15-16,18-20,24,28H,5,7,10-11,14,17H2,1-4H3,(H,38,41)(H2,44,45,46)/t24-,28+/m0/s1. The van der Waals surface area contributed by atoms with Gasteiger partial charge in [0.1, 0.15) is 12.1 Å². The predicted octanol–water partition coefficient (Wildman–Crippen LogP) is 7.22. The van der Waals surface area contributed by atoms with E-state index in [-0.39, 0.29) is 16.2 Å². The van der Waals surface area contributed by atoms with E-state index in [0.717, 1.165) is 46.8 Å². The minimum atomic E-state index is -5.78. The number of benzene rings is 2. The second-order valence-electron chi connectivity index (χ2n) is 13.1. The van der Waals surface area contributed by atoms with Crippen molar-refractivity contribution < 1.29 is 37.5 Å². The summed E-state index contributed by atoms with van der Waals surface area (Å²) in [4.78, 5) is 69.4. The van der Waals surface area contributed by atoms with Crippen molar-refractivity contribution in [1.29, 1.82) is 0 Å². The van der Waals surface area contributed by atoms with Crippen LogP contribution in [0, 0.1) is 5.41 Å². The van der Waals surface area contributed by atoms with E-state index >= 15 is 0 Å². The van der Waals surface area contributed by atoms with Crippen LogP contribution in [0.2, 0.25) is 0 Å². The lowest BCUT2D eigenvalue weighted by molar-refractivity contribution is -0.143. The number of likely N-dealkylation sites (N-methyl/N-ethyl adjacent to an activating group) is 1. The van der Waals surface area contributed by atoms with Gasteiger partial charge in [0.2, 0.25) is 5.91 Å². The molecule has 0 aliphatic carbocycles. The number of alkyl halides is 2. The summed E-state index contributed by atoms with van der Waals surface area (Å²) in [6, 6.07) is 12.5. The molecule has 1 aliphatic rings. The number of halogens is 2. The van der Waals surface area contributed by atoms with Crippen molar-refractivity contribution in [3.05, 3.63) is 71.2 Å². The van der Waals surface area contributed by atoms with E-state index in [1.165, 1.54) is 23.5 Å². The van der Waals surface area contributed by atoms with Crippen molar-refractivity contribution in [3.63, 3.8) is 0 Å². The first-order chi connectivity index (χ1) is 23.0. The zero-order valence-corrected chi connectivity index (χ0v) is 30.1. The Morgan fingerprint density at radius 1 is 1.06 bits per heavy atom. The highest BCUT2D eigenvalue weighted by Crippen LogP contribution is 2.59. The van der Waals surface area contributed by atoms with Crippen LogP contribution < -0.4 is 10.2 Å². The Balaban J connectivity index is 1.40. The van der Waals surface area contributed by atoms with Crippen molar-refractivity contribution >= 4 is 63.2 Å². The summed E-state index contributed by atoms with van der Waals surface area (Å²) in [5.74, 6) is -1.24. The SMILES string of the molecule is CCN(C(=O)[C@@H]1CCCCCN1C(=O)[C@@H](NC(=O)c1cc2cc(C(F)(F)P(=O)(O)O)ccc2s1)C(C)(C)C)c1ncc(-c2ccccc2)s1. The van der Waals surface area contributed by atoms with Crippen LogP contribution in [-0.4, -0.2) is 62.6 Å². The van der Waals surface area contributed by atoms with Gasteiger partial charge in [-0.3, -0.25) is 23.8 Å². The predicted molar refractivity (Wildman–Crippen MR) is 188 cm³/mol. The zero-order valence-electron chi connectivity index (χ0n) is 27.6. The lowest BCUT2D eigenvalue weighted by Crippen LogP contribution is -2.59. The molecular formula is C34H39F2N4O6PS2. The van der Waals surface area contributed by atoms with Crippen LogP contribution in [0.25, 0.3) is 20.5 Å². The number of aromatic nitrogens is 1. The largest absolute Gasteiger partial charge is 0.399 e. The number of likely N-dealkylation sites (tertiary alicyclic amines) is 1. The molecule has 49 heavy (non-hydrogen) atoms. The molecule has 10 nitrogen and oxygen atoms in total. The molecule has 1 saturated heterocycles. The molecule has 1 aliphatic heterocycles. The van der Waals surface area contributed by atoms with E-state index in [4.69, 9.17) is 9.79 Å². The molecule has 2 atom stereocenters. The Morgan fingerprint density at radius 3 is 2.43 bits per heavy atom. The van der Waals surface area contributed by atoms with Crippen LogP contribution in [0.15, 0.2) is 60.8 Å². The average molecular weight is 733 g/mol. The van der Waals surface area contributed by atoms with E-state index in [2.05, 4.69) is 10.3 Å². The maximum Gasteiger partial charge on any atom is 0.399 e. The highest BCUT2D eigenvalue weighted by Gasteiger charge is 2.50. The van der Waals surface area contributed by atoms with Crippen molar-refractivity contribution in [2.24, 2.45) is 5.41 Å². The molecule has 1 fully saturated rings. The van der Waals surface area contributed by atoms with Crippen molar-refractivity contribution in [2.45, 2.75) is 71.1 Å². The highest BCUT2D eigenvalue weighted by atomic mass is 32.1. The van der Waals surface area contributed by atoms with Crippen molar-refractivity contribution in [2.75, 3.05) is 18.0 Å². The fraction of sp³-hybridized carbons (Fsp3) is 0.412. The quantitative estimate of drug-likeness (QED) is 0.154. The van der Waals surface area contributed by atoms with Crippen LogP contribution >= 0.6 is 30.3 Å². The third-order valence-corrected chi connectivity index (χ3v) is 11.7. The van der Waals surface area contributed by atoms with Gasteiger partial charge in [-0.2, -0.15) is 8.78 Å². The van der Waals surface area contributed by atoms with Gasteiger partial charge in [-0.25, -0.2) is 4.98 Å². The maximum atomic E-state index is 14.4. The third-order valence-electron chi connectivity index (χ3n) is 8.53. The maximum absolute atomic E-state index is 14.4. The molecule has 3 amide bonds. The Kier molecular flexibility index (Phi) is 10.8. The molecule has 5 rings (SSSR count). The van der Waals surface area contributed by atoms with Gasteiger partial charge in [0.15, 0.2) is 5.13 Å². The van der Waals surface area contributed by atoms with Gasteiger partial charge < -0.3 is 20.0 Å². The number of nitrogens with one attached hydrogen (secondary N) is 1. The number of nitrogens with zero attached hydrogens (tertiary/aromatic N) is 3. The van der Waals surface area contributed by atoms with E-state index in [9.17, 15) is 27.7 Å². The Morgan fingerprint density at radius 2 is 1.78 bits per heavy atom. The number of fused-ring (bicyclic) bond motifs is 1. The molecule has 0 saturated carbocycles. The molecule has 4 aromatic rings. The lowest BCUT2D eigenvalue weighted by atomic mass is 9.85. The van der Waals surface area contributed by atoms with Crippen LogP contribution in [0.4, 0.5) is 13.9 Å². The molecule has 0 unspecified atom stereocenters. The van der Waals surface area contributed by atoms with Crippen molar-refractivity contribution in [3.8, 4) is 10.4 Å². The molecule has 0 radical (unpaired) electrons.